The number of aliphatic hydroxyl groups excluding tert-OH is 3. The van der Waals surface area contributed by atoms with Crippen LogP contribution < -0.4 is 15.8 Å². The number of esters is 1. The number of fused-ring (bicyclic) bond motifs is 5. The molecular formula is C34H46N2O6S. The number of nitrogens with one attached hydrogen (secondary N) is 1. The molecule has 1 amide bonds. The van der Waals surface area contributed by atoms with Gasteiger partial charge >= 0.3 is 5.97 Å². The molecule has 0 spiro atoms. The molecule has 9 heteroatoms. The van der Waals surface area contributed by atoms with Crippen molar-refractivity contribution in [1.82, 2.24) is 5.32 Å². The largest absolute Gasteiger partial charge is 0.427 e. The smallest absolute Gasteiger partial charge is 0.311 e. The fourth-order valence-corrected chi connectivity index (χ4v) is 10.5. The molecule has 0 bridgehead atoms. The van der Waals surface area contributed by atoms with Gasteiger partial charge < -0.3 is 31.1 Å². The first kappa shape index (κ1) is 30.8. The first-order valence-electron chi connectivity index (χ1n) is 15.9. The Kier molecular flexibility index (Phi) is 8.35. The SMILES string of the molecule is C[C@H](CCC(=O)Oc1ccc(/C=C2\SC(N)NC2=O)cc1)[C@H]1CC[C@H]2[C@@H]3[C@H](O)CC4=C[C@H](O)CC[C@]4(C)[C@H]3C[C@H](O)[C@]12C. The van der Waals surface area contributed by atoms with Gasteiger partial charge in [0.05, 0.1) is 23.2 Å². The molecule has 1 aromatic carbocycles. The summed E-state index contributed by atoms with van der Waals surface area (Å²) in [5, 5.41) is 36.1. The van der Waals surface area contributed by atoms with Crippen LogP contribution in [-0.4, -0.2) is 51.0 Å². The van der Waals surface area contributed by atoms with Crippen LogP contribution in [0.5, 0.6) is 5.75 Å². The summed E-state index contributed by atoms with van der Waals surface area (Å²) in [6, 6.07) is 7.07. The van der Waals surface area contributed by atoms with Crippen LogP contribution in [0.4, 0.5) is 0 Å². The predicted molar refractivity (Wildman–Crippen MR) is 166 cm³/mol. The summed E-state index contributed by atoms with van der Waals surface area (Å²) in [6.07, 6.45) is 8.25. The lowest BCUT2D eigenvalue weighted by atomic mass is 9.45. The van der Waals surface area contributed by atoms with Gasteiger partial charge in [-0.15, -0.1) is 0 Å². The lowest BCUT2D eigenvalue weighted by Gasteiger charge is -2.61. The summed E-state index contributed by atoms with van der Waals surface area (Å²) in [5.74, 6) is 1.06. The molecule has 6 rings (SSSR count). The highest BCUT2D eigenvalue weighted by molar-refractivity contribution is 8.05. The maximum absolute atomic E-state index is 12.8. The van der Waals surface area contributed by atoms with Crippen molar-refractivity contribution in [2.24, 2.45) is 46.2 Å². The number of amides is 1. The van der Waals surface area contributed by atoms with Crippen LogP contribution in [0.25, 0.3) is 6.08 Å². The van der Waals surface area contributed by atoms with E-state index in [9.17, 15) is 24.9 Å². The van der Waals surface area contributed by atoms with Gasteiger partial charge in [0.15, 0.2) is 0 Å². The van der Waals surface area contributed by atoms with Gasteiger partial charge in [0.25, 0.3) is 5.91 Å². The van der Waals surface area contributed by atoms with Crippen LogP contribution in [0.1, 0.15) is 77.7 Å². The minimum absolute atomic E-state index is 0.0778. The monoisotopic (exact) mass is 610 g/mol. The Morgan fingerprint density at radius 2 is 1.91 bits per heavy atom. The van der Waals surface area contributed by atoms with Gasteiger partial charge in [-0.3, -0.25) is 9.59 Å². The van der Waals surface area contributed by atoms with E-state index >= 15 is 0 Å². The first-order valence-corrected chi connectivity index (χ1v) is 16.8. The maximum atomic E-state index is 12.8. The normalized spacial score (nSPS) is 42.0. The van der Waals surface area contributed by atoms with E-state index in [4.69, 9.17) is 10.5 Å². The summed E-state index contributed by atoms with van der Waals surface area (Å²) >= 11 is 1.27. The molecule has 43 heavy (non-hydrogen) atoms. The summed E-state index contributed by atoms with van der Waals surface area (Å²) in [5.41, 5.74) is 6.93. The van der Waals surface area contributed by atoms with E-state index in [0.717, 1.165) is 31.2 Å². The van der Waals surface area contributed by atoms with Gasteiger partial charge in [0.1, 0.15) is 11.2 Å². The molecule has 1 heterocycles. The number of hydrogen-bond acceptors (Lipinski definition) is 8. The highest BCUT2D eigenvalue weighted by Gasteiger charge is 2.64. The Morgan fingerprint density at radius 3 is 2.60 bits per heavy atom. The first-order chi connectivity index (χ1) is 20.4. The maximum Gasteiger partial charge on any atom is 0.311 e. The number of nitrogens with two attached hydrogens (primary N) is 1. The second-order valence-electron chi connectivity index (χ2n) is 14.2. The number of benzene rings is 1. The van der Waals surface area contributed by atoms with E-state index < -0.39 is 23.8 Å². The Hall–Kier alpha value is -2.17. The van der Waals surface area contributed by atoms with Crippen LogP contribution >= 0.6 is 11.8 Å². The van der Waals surface area contributed by atoms with E-state index in [1.165, 1.54) is 17.3 Å². The highest BCUT2D eigenvalue weighted by Crippen LogP contribution is 2.67. The lowest BCUT2D eigenvalue weighted by molar-refractivity contribution is -0.169. The number of rotatable bonds is 6. The van der Waals surface area contributed by atoms with Crippen molar-refractivity contribution in [2.75, 3.05) is 0 Å². The molecule has 1 unspecified atom stereocenters. The topological polar surface area (TPSA) is 142 Å². The molecule has 0 radical (unpaired) electrons. The van der Waals surface area contributed by atoms with Crippen molar-refractivity contribution in [1.29, 1.82) is 0 Å². The molecular weight excluding hydrogens is 564 g/mol. The zero-order chi connectivity index (χ0) is 30.7. The third-order valence-corrected chi connectivity index (χ3v) is 12.9. The van der Waals surface area contributed by atoms with Crippen molar-refractivity contribution in [3.05, 3.63) is 46.4 Å². The third kappa shape index (κ3) is 5.50. The van der Waals surface area contributed by atoms with Crippen molar-refractivity contribution in [3.63, 3.8) is 0 Å². The van der Waals surface area contributed by atoms with Gasteiger partial charge in [-0.2, -0.15) is 0 Å². The number of aliphatic hydroxyl groups is 3. The number of carbonyl (C=O) groups excluding carboxylic acids is 2. The summed E-state index contributed by atoms with van der Waals surface area (Å²) < 4.78 is 5.63. The number of ether oxygens (including phenoxy) is 1. The summed E-state index contributed by atoms with van der Waals surface area (Å²) in [6.45, 7) is 6.71. The standard InChI is InChI=1S/C34H46N2O6S/c1-18(4-11-29(40)42-22-7-5-19(6-8-22)14-27-31(41)36-32(35)43-27)23-9-10-24-30-25(17-28(39)34(23,24)3)33(2)13-12-21(37)15-20(33)16-26(30)38/h5-8,14-15,18,21,23-26,28,30,32,37-39H,4,9-13,16-17,35H2,1-3H3,(H,36,41)/b27-14-/t18-,21-,23-,24+,25+,26-,28+,30+,32?,33+,34-/m1/s1. The van der Waals surface area contributed by atoms with Crippen molar-refractivity contribution in [2.45, 2.75) is 95.9 Å². The van der Waals surface area contributed by atoms with Crippen LogP contribution in [-0.2, 0) is 9.59 Å². The Morgan fingerprint density at radius 1 is 1.16 bits per heavy atom. The van der Waals surface area contributed by atoms with E-state index in [2.05, 4.69) is 26.1 Å². The number of hydrogen-bond donors (Lipinski definition) is 5. The van der Waals surface area contributed by atoms with E-state index in [-0.39, 0.29) is 58.7 Å². The summed E-state index contributed by atoms with van der Waals surface area (Å²) in [7, 11) is 0. The fraction of sp³-hybridized carbons (Fsp3) is 0.647. The lowest BCUT2D eigenvalue weighted by Crippen LogP contribution is -2.60. The minimum Gasteiger partial charge on any atom is -0.427 e. The zero-order valence-corrected chi connectivity index (χ0v) is 26.2. The molecule has 11 atom stereocenters. The zero-order valence-electron chi connectivity index (χ0n) is 25.4. The van der Waals surface area contributed by atoms with Crippen LogP contribution in [0, 0.1) is 40.4 Å². The average Bonchev–Trinajstić information content (AvgIpc) is 3.48. The minimum atomic E-state index is -0.464. The average molecular weight is 611 g/mol. The quantitative estimate of drug-likeness (QED) is 0.139. The molecule has 234 valence electrons. The molecule has 8 nitrogen and oxygen atoms in total. The Labute approximate surface area is 258 Å². The molecule has 4 aliphatic carbocycles. The molecule has 1 aromatic rings. The molecule has 1 saturated heterocycles. The summed E-state index contributed by atoms with van der Waals surface area (Å²) in [4.78, 5) is 25.3. The third-order valence-electron chi connectivity index (χ3n) is 11.9. The van der Waals surface area contributed by atoms with Crippen LogP contribution in [0.15, 0.2) is 40.8 Å². The van der Waals surface area contributed by atoms with Crippen LogP contribution in [0.3, 0.4) is 0 Å². The molecule has 0 aromatic heterocycles. The van der Waals surface area contributed by atoms with Gasteiger partial charge in [0, 0.05) is 6.42 Å². The van der Waals surface area contributed by atoms with Gasteiger partial charge in [-0.25, -0.2) is 0 Å². The van der Waals surface area contributed by atoms with E-state index in [1.807, 2.05) is 18.2 Å². The molecule has 1 aliphatic heterocycles. The van der Waals surface area contributed by atoms with Crippen molar-refractivity contribution in [3.8, 4) is 5.75 Å². The van der Waals surface area contributed by atoms with Crippen molar-refractivity contribution < 1.29 is 29.6 Å². The van der Waals surface area contributed by atoms with Gasteiger partial charge in [-0.05, 0) is 109 Å². The van der Waals surface area contributed by atoms with E-state index in [1.54, 1.807) is 18.2 Å². The second kappa shape index (κ2) is 11.6. The Balaban J connectivity index is 1.08. The number of carbonyl (C=O) groups is 2. The van der Waals surface area contributed by atoms with E-state index in [0.29, 0.717) is 29.9 Å². The molecule has 4 fully saturated rings. The van der Waals surface area contributed by atoms with Crippen molar-refractivity contribution >= 4 is 29.7 Å². The fourth-order valence-electron chi connectivity index (χ4n) is 9.64. The highest BCUT2D eigenvalue weighted by atomic mass is 32.2. The van der Waals surface area contributed by atoms with Crippen LogP contribution in [0.2, 0.25) is 0 Å². The molecule has 6 N–H and O–H groups in total. The van der Waals surface area contributed by atoms with Gasteiger partial charge in [-0.1, -0.05) is 56.3 Å². The number of thioether (sulfide) groups is 1. The predicted octanol–water partition coefficient (Wildman–Crippen LogP) is 4.34. The molecule has 3 saturated carbocycles. The second-order valence-corrected chi connectivity index (χ2v) is 15.3. The Bertz CT molecular complexity index is 1310. The molecule has 5 aliphatic rings. The van der Waals surface area contributed by atoms with Gasteiger partial charge in [0.2, 0.25) is 0 Å².